The summed E-state index contributed by atoms with van der Waals surface area (Å²) in [4.78, 5) is 118. The molecular formula is C34H29N9O15S3. The zero-order valence-electron chi connectivity index (χ0n) is 31.7. The number of nitrogens with one attached hydrogen (secondary N) is 1. The molecule has 6 rings (SSSR count). The number of esters is 3. The number of ether oxygens (including phenoxy) is 3. The van der Waals surface area contributed by atoms with Crippen LogP contribution in [-0.2, 0) is 40.2 Å². The van der Waals surface area contributed by atoms with Gasteiger partial charge in [-0.05, 0) is 24.6 Å². The SMILES string of the molecule is CC(=O)Oc1cc(CO/N=C(\C(=O)N[C@@H]2C(=O)N3C(C(=O)O)=C(CSc4cc(C)nc5nc(C(=O)O)nn45)CS[C@H]23)c2csc(N)n2)c(C(=O)O)c(OC(C)=O)c1OC(C)=O. The molecule has 5 heterocycles. The van der Waals surface area contributed by atoms with E-state index >= 15 is 0 Å². The Balaban J connectivity index is 1.24. The molecule has 0 bridgehead atoms. The van der Waals surface area contributed by atoms with Gasteiger partial charge in [-0.1, -0.05) is 5.16 Å². The monoisotopic (exact) mass is 899 g/mol. The lowest BCUT2D eigenvalue weighted by atomic mass is 10.0. The first-order valence-electron chi connectivity index (χ1n) is 17.1. The van der Waals surface area contributed by atoms with E-state index in [2.05, 4.69) is 30.5 Å². The van der Waals surface area contributed by atoms with Gasteiger partial charge >= 0.3 is 35.8 Å². The zero-order chi connectivity index (χ0) is 44.4. The number of hydrogen-bond donors (Lipinski definition) is 5. The summed E-state index contributed by atoms with van der Waals surface area (Å²) in [6.07, 6.45) is 0. The third-order valence-corrected chi connectivity index (χ3v) is 11.2. The van der Waals surface area contributed by atoms with Gasteiger partial charge in [0.1, 0.15) is 40.0 Å². The Morgan fingerprint density at radius 3 is 2.25 bits per heavy atom. The number of β-lactam (4-membered cyclic amide) rings is 1. The number of nitrogens with two attached hydrogens (primary N) is 1. The Hall–Kier alpha value is -7.13. The molecule has 27 heteroatoms. The molecular weight excluding hydrogens is 871 g/mol. The van der Waals surface area contributed by atoms with E-state index in [1.807, 2.05) is 0 Å². The summed E-state index contributed by atoms with van der Waals surface area (Å²) in [5, 5.41) is 40.9. The number of amides is 2. The molecule has 318 valence electrons. The van der Waals surface area contributed by atoms with E-state index in [0.29, 0.717) is 16.3 Å². The maximum absolute atomic E-state index is 13.8. The van der Waals surface area contributed by atoms with Gasteiger partial charge in [-0.15, -0.1) is 40.0 Å². The van der Waals surface area contributed by atoms with Crippen molar-refractivity contribution in [2.45, 2.75) is 50.7 Å². The summed E-state index contributed by atoms with van der Waals surface area (Å²) in [5.74, 6) is -11.5. The summed E-state index contributed by atoms with van der Waals surface area (Å²) < 4.78 is 16.4. The smallest absolute Gasteiger partial charge is 0.375 e. The number of thiazole rings is 1. The predicted molar refractivity (Wildman–Crippen MR) is 208 cm³/mol. The molecule has 0 unspecified atom stereocenters. The van der Waals surface area contributed by atoms with Gasteiger partial charge < -0.3 is 45.4 Å². The number of benzene rings is 1. The van der Waals surface area contributed by atoms with Crippen LogP contribution in [0.4, 0.5) is 5.13 Å². The van der Waals surface area contributed by atoms with Crippen molar-refractivity contribution in [3.05, 3.63) is 57.1 Å². The Morgan fingerprint density at radius 1 is 0.951 bits per heavy atom. The molecule has 0 spiro atoms. The number of carbonyl (C=O) groups excluding carboxylic acids is 5. The molecule has 0 radical (unpaired) electrons. The van der Waals surface area contributed by atoms with Crippen molar-refractivity contribution in [1.82, 2.24) is 34.8 Å². The fourth-order valence-corrected chi connectivity index (χ4v) is 8.89. The molecule has 2 aliphatic heterocycles. The molecule has 1 aromatic carbocycles. The molecule has 0 aliphatic carbocycles. The number of aromatic carboxylic acids is 2. The number of oxime groups is 1. The number of aromatic nitrogens is 5. The number of thioether (sulfide) groups is 2. The van der Waals surface area contributed by atoms with Crippen LogP contribution in [0.1, 0.15) is 58.7 Å². The van der Waals surface area contributed by atoms with Gasteiger partial charge in [0.2, 0.25) is 5.75 Å². The average molecular weight is 900 g/mol. The highest BCUT2D eigenvalue weighted by atomic mass is 32.2. The molecule has 4 aromatic rings. The van der Waals surface area contributed by atoms with Crippen LogP contribution in [0.3, 0.4) is 0 Å². The van der Waals surface area contributed by atoms with Crippen LogP contribution in [0.2, 0.25) is 0 Å². The van der Waals surface area contributed by atoms with Crippen LogP contribution >= 0.6 is 34.9 Å². The third-order valence-electron chi connectivity index (χ3n) is 8.13. The van der Waals surface area contributed by atoms with Crippen molar-refractivity contribution in [3.8, 4) is 17.2 Å². The van der Waals surface area contributed by atoms with Gasteiger partial charge in [-0.25, -0.2) is 24.4 Å². The fraction of sp³-hybridized carbons (Fsp3) is 0.265. The van der Waals surface area contributed by atoms with E-state index in [-0.39, 0.29) is 39.4 Å². The number of carboxylic acids is 3. The van der Waals surface area contributed by atoms with E-state index in [4.69, 9.17) is 24.8 Å². The van der Waals surface area contributed by atoms with Crippen LogP contribution in [0.5, 0.6) is 17.2 Å². The minimum Gasteiger partial charge on any atom is -0.478 e. The number of hydrogen-bond acceptors (Lipinski definition) is 21. The van der Waals surface area contributed by atoms with Crippen molar-refractivity contribution in [1.29, 1.82) is 0 Å². The lowest BCUT2D eigenvalue weighted by Crippen LogP contribution is -2.71. The molecule has 61 heavy (non-hydrogen) atoms. The highest BCUT2D eigenvalue weighted by molar-refractivity contribution is 8.01. The number of anilines is 1. The highest BCUT2D eigenvalue weighted by Gasteiger charge is 2.54. The summed E-state index contributed by atoms with van der Waals surface area (Å²) >= 11 is 3.20. The summed E-state index contributed by atoms with van der Waals surface area (Å²) in [6.45, 7) is 3.75. The summed E-state index contributed by atoms with van der Waals surface area (Å²) in [6, 6.07) is 1.31. The lowest BCUT2D eigenvalue weighted by Gasteiger charge is -2.49. The van der Waals surface area contributed by atoms with E-state index in [9.17, 15) is 53.7 Å². The van der Waals surface area contributed by atoms with Crippen molar-refractivity contribution >= 4 is 99.1 Å². The van der Waals surface area contributed by atoms with E-state index in [1.54, 1.807) is 13.0 Å². The first kappa shape index (κ1) is 43.4. The highest BCUT2D eigenvalue weighted by Crippen LogP contribution is 2.44. The molecule has 24 nitrogen and oxygen atoms in total. The third kappa shape index (κ3) is 9.21. The van der Waals surface area contributed by atoms with E-state index in [0.717, 1.165) is 66.6 Å². The fourth-order valence-electron chi connectivity index (χ4n) is 5.81. The molecule has 2 aliphatic rings. The van der Waals surface area contributed by atoms with Crippen LogP contribution in [0.25, 0.3) is 5.78 Å². The Labute approximate surface area is 353 Å². The van der Waals surface area contributed by atoms with Crippen LogP contribution in [0.15, 0.2) is 39.0 Å². The predicted octanol–water partition coefficient (Wildman–Crippen LogP) is 1.10. The van der Waals surface area contributed by atoms with Gasteiger partial charge in [0, 0.05) is 48.9 Å². The zero-order valence-corrected chi connectivity index (χ0v) is 34.1. The summed E-state index contributed by atoms with van der Waals surface area (Å²) in [7, 11) is 0. The Morgan fingerprint density at radius 2 is 1.64 bits per heavy atom. The van der Waals surface area contributed by atoms with Gasteiger partial charge in [0.25, 0.3) is 23.4 Å². The molecule has 2 amide bonds. The second-order valence-electron chi connectivity index (χ2n) is 12.5. The number of fused-ring (bicyclic) bond motifs is 2. The van der Waals surface area contributed by atoms with Crippen molar-refractivity contribution in [2.75, 3.05) is 17.2 Å². The second-order valence-corrected chi connectivity index (χ2v) is 15.5. The minimum atomic E-state index is -1.70. The van der Waals surface area contributed by atoms with E-state index in [1.165, 1.54) is 9.90 Å². The number of carbonyl (C=O) groups is 8. The second kappa shape index (κ2) is 17.6. The molecule has 1 saturated heterocycles. The number of aryl methyl sites for hydroxylation is 1. The van der Waals surface area contributed by atoms with Crippen molar-refractivity contribution in [2.24, 2.45) is 5.16 Å². The Bertz CT molecular complexity index is 2640. The molecule has 2 atom stereocenters. The lowest BCUT2D eigenvalue weighted by molar-refractivity contribution is -0.150. The number of nitrogens with zero attached hydrogens (tertiary/aromatic N) is 7. The molecule has 0 saturated carbocycles. The van der Waals surface area contributed by atoms with Gasteiger partial charge in [0.05, 0.1) is 0 Å². The maximum Gasteiger partial charge on any atom is 0.375 e. The van der Waals surface area contributed by atoms with E-state index < -0.39 is 100 Å². The van der Waals surface area contributed by atoms with Crippen molar-refractivity contribution in [3.63, 3.8) is 0 Å². The standard InChI is InChI=1S/C34H29N9O15S3/c1-11-5-19(43-34(36-11)39-26(40-43)32(53)54)59-8-16-9-60-29-22(28(48)42(29)23(16)31(51)52)38-27(47)21(17-10-61-33(35)37-17)41-55-7-15-6-18(56-12(2)44)24(57-13(3)45)25(58-14(4)46)20(15)30(49)50/h5-6,10,22,29H,7-9H2,1-4H3,(H2,35,37)(H,38,47)(H,49,50)(H,51,52)(H,53,54)/b41-21-/t22-,29-/m1/s1. The normalized spacial score (nSPS) is 16.0. The molecule has 6 N–H and O–H groups in total. The largest absolute Gasteiger partial charge is 0.478 e. The number of carboxylic acid groups (broad SMARTS) is 3. The van der Waals surface area contributed by atoms with Crippen LogP contribution in [-0.4, -0.2) is 121 Å². The minimum absolute atomic E-state index is 0.00550. The number of nitrogen functional groups attached to an aromatic ring is 1. The molecule has 3 aromatic heterocycles. The Kier molecular flexibility index (Phi) is 12.5. The maximum atomic E-state index is 13.8. The first-order valence-corrected chi connectivity index (χ1v) is 20.0. The van der Waals surface area contributed by atoms with Gasteiger partial charge in [-0.3, -0.25) is 28.9 Å². The quantitative estimate of drug-likeness (QED) is 0.0212. The van der Waals surface area contributed by atoms with Gasteiger partial charge in [0.15, 0.2) is 22.3 Å². The van der Waals surface area contributed by atoms with Gasteiger partial charge in [-0.2, -0.15) is 9.50 Å². The number of rotatable bonds is 15. The van der Waals surface area contributed by atoms with Crippen LogP contribution in [0, 0.1) is 6.92 Å². The van der Waals surface area contributed by atoms with Crippen LogP contribution < -0.4 is 25.3 Å². The topological polar surface area (TPSA) is 344 Å². The van der Waals surface area contributed by atoms with Crippen molar-refractivity contribution < 1.29 is 72.7 Å². The average Bonchev–Trinajstić information content (AvgIpc) is 3.81. The first-order chi connectivity index (χ1) is 28.8. The molecule has 1 fully saturated rings. The number of aliphatic carboxylic acids is 1. The summed E-state index contributed by atoms with van der Waals surface area (Å²) in [5.41, 5.74) is 4.57.